The molecule has 4 rings (SSSR count). The summed E-state index contributed by atoms with van der Waals surface area (Å²) in [6.07, 6.45) is 1.54. The van der Waals surface area contributed by atoms with Gasteiger partial charge in [-0.2, -0.15) is 0 Å². The zero-order valence-corrected chi connectivity index (χ0v) is 20.0. The first-order valence-electron chi connectivity index (χ1n) is 11.2. The number of likely N-dealkylation sites (tertiary alicyclic amines) is 1. The molecule has 4 N–H and O–H groups in total. The number of nitrogens with one attached hydrogen (secondary N) is 1. The fourth-order valence-corrected chi connectivity index (χ4v) is 5.03. The average Bonchev–Trinajstić information content (AvgIpc) is 2.82. The normalized spacial score (nSPS) is 16.7. The lowest BCUT2D eigenvalue weighted by molar-refractivity contribution is -0.0570. The summed E-state index contributed by atoms with van der Waals surface area (Å²) in [5.74, 6) is -2.76. The van der Waals surface area contributed by atoms with Gasteiger partial charge >= 0.3 is 0 Å². The summed E-state index contributed by atoms with van der Waals surface area (Å²) in [7, 11) is -1.62. The number of carbonyl (C=O) groups excluding carboxylic acids is 1. The molecule has 1 aromatic heterocycles. The van der Waals surface area contributed by atoms with Crippen LogP contribution in [0.2, 0.25) is 0 Å². The molecule has 1 aliphatic rings. The second-order valence-electron chi connectivity index (χ2n) is 8.95. The Labute approximate surface area is 204 Å². The quantitative estimate of drug-likeness (QED) is 0.452. The number of nitrogen functional groups attached to an aromatic ring is 1. The van der Waals surface area contributed by atoms with Crippen molar-refractivity contribution < 1.29 is 22.9 Å². The van der Waals surface area contributed by atoms with Crippen LogP contribution >= 0.6 is 0 Å². The van der Waals surface area contributed by atoms with E-state index in [0.717, 1.165) is 6.92 Å². The van der Waals surface area contributed by atoms with E-state index >= 15 is 0 Å². The first-order chi connectivity index (χ1) is 16.5. The number of hydrogen-bond donors (Lipinski definition) is 3. The number of nitrogens with zero attached hydrogens (tertiary/aromatic N) is 3. The Hall–Kier alpha value is -3.18. The molecule has 1 saturated heterocycles. The monoisotopic (exact) mass is 503 g/mol. The molecule has 0 aliphatic carbocycles. The van der Waals surface area contributed by atoms with E-state index in [-0.39, 0.29) is 37.4 Å². The third-order valence-corrected chi connectivity index (χ3v) is 7.26. The van der Waals surface area contributed by atoms with Crippen LogP contribution in [0.4, 0.5) is 20.3 Å². The maximum atomic E-state index is 13.2. The van der Waals surface area contributed by atoms with Gasteiger partial charge in [0.15, 0.2) is 11.0 Å². The minimum atomic E-state index is -2.82. The van der Waals surface area contributed by atoms with Gasteiger partial charge in [0.25, 0.3) is 5.91 Å². The fraction of sp³-hybridized carbons (Fsp3) is 0.375. The Morgan fingerprint density at radius 2 is 1.91 bits per heavy atom. The van der Waals surface area contributed by atoms with Gasteiger partial charge in [-0.25, -0.2) is 23.0 Å². The van der Waals surface area contributed by atoms with Crippen LogP contribution < -0.4 is 10.5 Å². The van der Waals surface area contributed by atoms with Crippen molar-refractivity contribution in [3.8, 4) is 0 Å². The number of piperidine rings is 1. The zero-order chi connectivity index (χ0) is 25.2. The van der Waals surface area contributed by atoms with Crippen molar-refractivity contribution in [3.63, 3.8) is 0 Å². The van der Waals surface area contributed by atoms with Gasteiger partial charge < -0.3 is 20.5 Å². The predicted molar refractivity (Wildman–Crippen MR) is 130 cm³/mol. The van der Waals surface area contributed by atoms with Crippen LogP contribution in [-0.4, -0.2) is 54.7 Å². The number of aromatic nitrogens is 2. The second kappa shape index (κ2) is 9.82. The van der Waals surface area contributed by atoms with Crippen molar-refractivity contribution in [2.45, 2.75) is 49.0 Å². The number of alkyl halides is 2. The summed E-state index contributed by atoms with van der Waals surface area (Å²) in [5.41, 5.74) is 6.51. The first-order valence-corrected chi connectivity index (χ1v) is 12.4. The van der Waals surface area contributed by atoms with E-state index in [9.17, 15) is 22.9 Å². The third kappa shape index (κ3) is 6.09. The number of carbonyl (C=O) groups is 1. The van der Waals surface area contributed by atoms with Crippen LogP contribution in [-0.2, 0) is 11.0 Å². The molecule has 0 spiro atoms. The average molecular weight is 504 g/mol. The molecule has 3 aromatic rings. The lowest BCUT2D eigenvalue weighted by Gasteiger charge is -2.38. The molecule has 2 heterocycles. The van der Waals surface area contributed by atoms with Crippen molar-refractivity contribution in [2.24, 2.45) is 0 Å². The van der Waals surface area contributed by atoms with Gasteiger partial charge in [-0.15, -0.1) is 0 Å². The lowest BCUT2D eigenvalue weighted by atomic mass is 9.86. The molecular formula is C24H27F2N5O3S. The van der Waals surface area contributed by atoms with Gasteiger partial charge in [-0.3, -0.25) is 4.79 Å². The van der Waals surface area contributed by atoms with Crippen LogP contribution in [0.1, 0.15) is 43.0 Å². The highest BCUT2D eigenvalue weighted by atomic mass is 32.2. The van der Waals surface area contributed by atoms with E-state index in [1.807, 2.05) is 0 Å². The molecule has 1 amide bonds. The molecule has 11 heteroatoms. The highest BCUT2D eigenvalue weighted by Crippen LogP contribution is 2.32. The third-order valence-electron chi connectivity index (χ3n) is 6.11. The van der Waals surface area contributed by atoms with Crippen LogP contribution in [0.3, 0.4) is 0 Å². The zero-order valence-electron chi connectivity index (χ0n) is 19.2. The molecule has 0 radical (unpaired) electrons. The Balaban J connectivity index is 1.37. The highest BCUT2D eigenvalue weighted by Gasteiger charge is 2.36. The Morgan fingerprint density at radius 1 is 1.23 bits per heavy atom. The maximum absolute atomic E-state index is 13.2. The molecule has 0 saturated carbocycles. The molecule has 1 aliphatic heterocycles. The SMILES string of the molecule is CC(F)(F)CCC1(O)CCN(C(=O)c2ccc(NS(=O)c3cccc4nc(N)cnc34)cc2)CC1. The van der Waals surface area contributed by atoms with Gasteiger partial charge in [0.1, 0.15) is 11.3 Å². The van der Waals surface area contributed by atoms with E-state index in [2.05, 4.69) is 14.7 Å². The van der Waals surface area contributed by atoms with Gasteiger partial charge in [0, 0.05) is 30.8 Å². The number of amides is 1. The molecule has 186 valence electrons. The lowest BCUT2D eigenvalue weighted by Crippen LogP contribution is -2.47. The summed E-state index contributed by atoms with van der Waals surface area (Å²) in [6.45, 7) is 1.43. The van der Waals surface area contributed by atoms with Gasteiger partial charge in [0.05, 0.1) is 22.2 Å². The summed E-state index contributed by atoms with van der Waals surface area (Å²) >= 11 is 0. The minimum Gasteiger partial charge on any atom is -0.390 e. The molecule has 2 aromatic carbocycles. The molecule has 0 bridgehead atoms. The number of nitrogens with two attached hydrogens (primary N) is 1. The maximum Gasteiger partial charge on any atom is 0.253 e. The van der Waals surface area contributed by atoms with Gasteiger partial charge in [-0.05, 0) is 62.6 Å². The second-order valence-corrected chi connectivity index (χ2v) is 10.1. The number of fused-ring (bicyclic) bond motifs is 1. The Kier molecular flexibility index (Phi) is 7.00. The van der Waals surface area contributed by atoms with E-state index in [1.165, 1.54) is 6.20 Å². The molecule has 1 atom stereocenters. The van der Waals surface area contributed by atoms with Crippen molar-refractivity contribution in [1.82, 2.24) is 14.9 Å². The van der Waals surface area contributed by atoms with Crippen molar-refractivity contribution in [2.75, 3.05) is 23.5 Å². The standard InChI is InChI=1S/C24H27F2N5O3S/c1-23(25,26)9-10-24(33)11-13-31(14-12-24)22(32)16-5-7-17(8-6-16)30-35(34)19-4-2-3-18-21(19)28-15-20(27)29-18/h2-8,15,30,33H,9-14H2,1H3,(H2,27,29). The molecule has 1 unspecified atom stereocenters. The summed E-state index contributed by atoms with van der Waals surface area (Å²) in [5, 5.41) is 10.6. The Bertz CT molecular complexity index is 1240. The topological polar surface area (TPSA) is 121 Å². The van der Waals surface area contributed by atoms with E-state index < -0.39 is 22.5 Å². The van der Waals surface area contributed by atoms with E-state index in [4.69, 9.17) is 5.73 Å². The van der Waals surface area contributed by atoms with Gasteiger partial charge in [0.2, 0.25) is 5.92 Å². The molecule has 8 nitrogen and oxygen atoms in total. The van der Waals surface area contributed by atoms with Crippen LogP contribution in [0, 0.1) is 0 Å². The first kappa shape index (κ1) is 24.9. The molecule has 1 fully saturated rings. The number of anilines is 2. The number of rotatable bonds is 7. The smallest absolute Gasteiger partial charge is 0.253 e. The number of hydrogen-bond acceptors (Lipinski definition) is 6. The largest absolute Gasteiger partial charge is 0.390 e. The van der Waals surface area contributed by atoms with Crippen molar-refractivity contribution in [3.05, 3.63) is 54.2 Å². The number of benzene rings is 2. The number of para-hydroxylation sites is 1. The predicted octanol–water partition coefficient (Wildman–Crippen LogP) is 3.75. The van der Waals surface area contributed by atoms with Crippen LogP contribution in [0.5, 0.6) is 0 Å². The van der Waals surface area contributed by atoms with Crippen molar-refractivity contribution in [1.29, 1.82) is 0 Å². The van der Waals surface area contributed by atoms with Crippen LogP contribution in [0.25, 0.3) is 11.0 Å². The molecule has 35 heavy (non-hydrogen) atoms. The van der Waals surface area contributed by atoms with Crippen molar-refractivity contribution >= 4 is 39.4 Å². The fourth-order valence-electron chi connectivity index (χ4n) is 4.03. The van der Waals surface area contributed by atoms with E-state index in [0.29, 0.717) is 40.3 Å². The molecular weight excluding hydrogens is 476 g/mol. The summed E-state index contributed by atoms with van der Waals surface area (Å²) in [6, 6.07) is 11.7. The number of aliphatic hydroxyl groups is 1. The summed E-state index contributed by atoms with van der Waals surface area (Å²) < 4.78 is 42.1. The Morgan fingerprint density at radius 3 is 2.57 bits per heavy atom. The van der Waals surface area contributed by atoms with Gasteiger partial charge in [-0.1, -0.05) is 6.07 Å². The minimum absolute atomic E-state index is 0.00566. The number of halogens is 2. The summed E-state index contributed by atoms with van der Waals surface area (Å²) in [4.78, 5) is 23.4. The van der Waals surface area contributed by atoms with E-state index in [1.54, 1.807) is 47.4 Å². The van der Waals surface area contributed by atoms with Crippen LogP contribution in [0.15, 0.2) is 53.6 Å². The highest BCUT2D eigenvalue weighted by molar-refractivity contribution is 7.86.